The highest BCUT2D eigenvalue weighted by Gasteiger charge is 2.30. The fourth-order valence-corrected chi connectivity index (χ4v) is 5.58. The van der Waals surface area contributed by atoms with E-state index < -0.39 is 0 Å². The second-order valence-electron chi connectivity index (χ2n) is 9.54. The zero-order valence-corrected chi connectivity index (χ0v) is 19.1. The first-order valence-corrected chi connectivity index (χ1v) is 12.3. The second-order valence-corrected chi connectivity index (χ2v) is 9.54. The molecule has 2 aromatic carbocycles. The zero-order valence-electron chi connectivity index (χ0n) is 19.1. The fourth-order valence-electron chi connectivity index (χ4n) is 5.58. The number of benzene rings is 2. The van der Waals surface area contributed by atoms with E-state index in [0.29, 0.717) is 23.9 Å². The van der Waals surface area contributed by atoms with Crippen LogP contribution in [0.5, 0.6) is 0 Å². The van der Waals surface area contributed by atoms with Crippen molar-refractivity contribution in [3.63, 3.8) is 0 Å². The third-order valence-electron chi connectivity index (χ3n) is 7.30. The van der Waals surface area contributed by atoms with Crippen molar-refractivity contribution in [2.45, 2.75) is 51.0 Å². The van der Waals surface area contributed by atoms with E-state index in [0.717, 1.165) is 30.0 Å². The Morgan fingerprint density at radius 1 is 1.00 bits per heavy atom. The van der Waals surface area contributed by atoms with Crippen molar-refractivity contribution in [3.8, 4) is 17.4 Å². The summed E-state index contributed by atoms with van der Waals surface area (Å²) in [6.07, 6.45) is 10.6. The van der Waals surface area contributed by atoms with Gasteiger partial charge in [0.05, 0.1) is 17.8 Å². The summed E-state index contributed by atoms with van der Waals surface area (Å²) in [5.74, 6) is 2.17. The molecule has 5 nitrogen and oxygen atoms in total. The van der Waals surface area contributed by atoms with Gasteiger partial charge < -0.3 is 14.6 Å². The van der Waals surface area contributed by atoms with E-state index in [2.05, 4.69) is 45.5 Å². The number of nitriles is 1. The van der Waals surface area contributed by atoms with Crippen LogP contribution in [-0.2, 0) is 0 Å². The summed E-state index contributed by atoms with van der Waals surface area (Å²) in [5.41, 5.74) is 3.03. The maximum atomic E-state index is 9.07. The minimum absolute atomic E-state index is 0.423. The molecule has 5 heteroatoms. The Bertz CT molecular complexity index is 1070. The molecular formula is C28H32N4O. The van der Waals surface area contributed by atoms with Gasteiger partial charge in [0, 0.05) is 30.4 Å². The fraction of sp³-hybridized carbons (Fsp3) is 0.429. The molecule has 0 amide bonds. The Hall–Kier alpha value is -3.26. The molecule has 3 atom stereocenters. The number of nitrogens with zero attached hydrogens (tertiary/aromatic N) is 3. The molecule has 0 unspecified atom stereocenters. The standard InChI is InChI=1S/C28H32N4O/c29-18-21-12-14-25(15-13-21)32-16-6-7-22(20-32)17-24-10-4-5-11-26(24)31-28-30-19-27(33-28)23-8-2-1-3-9-23/h1-3,8-9,12-15,19,22,24,26H,4-7,10-11,16-17,20H2,(H,30,31)/t22-,24+,26-/m1/s1. The summed E-state index contributed by atoms with van der Waals surface area (Å²) in [4.78, 5) is 7.03. The number of oxazole rings is 1. The third kappa shape index (κ3) is 5.22. The normalized spacial score (nSPS) is 23.1. The molecule has 3 aromatic rings. The average Bonchev–Trinajstić information content (AvgIpc) is 3.35. The first-order valence-electron chi connectivity index (χ1n) is 12.3. The van der Waals surface area contributed by atoms with Crippen LogP contribution in [-0.4, -0.2) is 24.1 Å². The molecular weight excluding hydrogens is 408 g/mol. The van der Waals surface area contributed by atoms with Gasteiger partial charge in [-0.2, -0.15) is 5.26 Å². The molecule has 0 spiro atoms. The van der Waals surface area contributed by atoms with Crippen molar-refractivity contribution in [1.29, 1.82) is 5.26 Å². The first kappa shape index (κ1) is 21.6. The van der Waals surface area contributed by atoms with Crippen LogP contribution in [0.3, 0.4) is 0 Å². The highest BCUT2D eigenvalue weighted by atomic mass is 16.4. The summed E-state index contributed by atoms with van der Waals surface area (Å²) >= 11 is 0. The quantitative estimate of drug-likeness (QED) is 0.474. The highest BCUT2D eigenvalue weighted by Crippen LogP contribution is 2.35. The number of piperidine rings is 1. The van der Waals surface area contributed by atoms with Crippen molar-refractivity contribution in [2.24, 2.45) is 11.8 Å². The van der Waals surface area contributed by atoms with Gasteiger partial charge in [-0.25, -0.2) is 4.98 Å². The van der Waals surface area contributed by atoms with Gasteiger partial charge in [0.25, 0.3) is 6.01 Å². The Kier molecular flexibility index (Phi) is 6.62. The van der Waals surface area contributed by atoms with Crippen LogP contribution in [0, 0.1) is 23.2 Å². The van der Waals surface area contributed by atoms with Crippen LogP contribution in [0.15, 0.2) is 65.2 Å². The van der Waals surface area contributed by atoms with Gasteiger partial charge in [-0.3, -0.25) is 0 Å². The van der Waals surface area contributed by atoms with Crippen molar-refractivity contribution >= 4 is 11.7 Å². The van der Waals surface area contributed by atoms with E-state index in [1.54, 1.807) is 0 Å². The third-order valence-corrected chi connectivity index (χ3v) is 7.30. The molecule has 5 rings (SSSR count). The predicted molar refractivity (Wildman–Crippen MR) is 132 cm³/mol. The largest absolute Gasteiger partial charge is 0.424 e. The minimum Gasteiger partial charge on any atom is -0.424 e. The molecule has 1 aliphatic carbocycles. The molecule has 1 N–H and O–H groups in total. The molecule has 1 saturated heterocycles. The van der Waals surface area contributed by atoms with Crippen LogP contribution in [0.2, 0.25) is 0 Å². The topological polar surface area (TPSA) is 65.1 Å². The van der Waals surface area contributed by atoms with E-state index in [4.69, 9.17) is 9.68 Å². The van der Waals surface area contributed by atoms with E-state index in [9.17, 15) is 0 Å². The molecule has 33 heavy (non-hydrogen) atoms. The van der Waals surface area contributed by atoms with E-state index >= 15 is 0 Å². The number of hydrogen-bond donors (Lipinski definition) is 1. The lowest BCUT2D eigenvalue weighted by atomic mass is 9.77. The van der Waals surface area contributed by atoms with Gasteiger partial charge in [0.1, 0.15) is 0 Å². The molecule has 1 aliphatic heterocycles. The zero-order chi connectivity index (χ0) is 22.5. The summed E-state index contributed by atoms with van der Waals surface area (Å²) < 4.78 is 6.05. The number of anilines is 2. The van der Waals surface area contributed by atoms with E-state index in [-0.39, 0.29) is 0 Å². The molecule has 170 valence electrons. The summed E-state index contributed by atoms with van der Waals surface area (Å²) in [7, 11) is 0. The molecule has 1 aromatic heterocycles. The van der Waals surface area contributed by atoms with Crippen molar-refractivity contribution in [1.82, 2.24) is 4.98 Å². The number of nitrogens with one attached hydrogen (secondary N) is 1. The number of hydrogen-bond acceptors (Lipinski definition) is 5. The van der Waals surface area contributed by atoms with E-state index in [1.165, 1.54) is 50.6 Å². The Morgan fingerprint density at radius 3 is 2.64 bits per heavy atom. The lowest BCUT2D eigenvalue weighted by Crippen LogP contribution is -2.39. The highest BCUT2D eigenvalue weighted by molar-refractivity contribution is 5.57. The van der Waals surface area contributed by atoms with Gasteiger partial charge in [-0.15, -0.1) is 0 Å². The minimum atomic E-state index is 0.423. The average molecular weight is 441 g/mol. The van der Waals surface area contributed by atoms with Gasteiger partial charge in [-0.05, 0) is 68.2 Å². The Balaban J connectivity index is 1.22. The molecule has 1 saturated carbocycles. The van der Waals surface area contributed by atoms with Crippen molar-refractivity contribution in [2.75, 3.05) is 23.3 Å². The number of aromatic nitrogens is 1. The molecule has 2 aliphatic rings. The Morgan fingerprint density at radius 2 is 1.82 bits per heavy atom. The van der Waals surface area contributed by atoms with E-state index in [1.807, 2.05) is 36.5 Å². The summed E-state index contributed by atoms with van der Waals surface area (Å²) in [6.45, 7) is 2.21. The van der Waals surface area contributed by atoms with Crippen LogP contribution in [0.25, 0.3) is 11.3 Å². The first-order chi connectivity index (χ1) is 16.3. The van der Waals surface area contributed by atoms with Gasteiger partial charge in [-0.1, -0.05) is 43.2 Å². The number of rotatable bonds is 6. The van der Waals surface area contributed by atoms with Crippen LogP contribution < -0.4 is 10.2 Å². The maximum absolute atomic E-state index is 9.07. The van der Waals surface area contributed by atoms with Crippen LogP contribution in [0.1, 0.15) is 50.5 Å². The Labute approximate surface area is 196 Å². The summed E-state index contributed by atoms with van der Waals surface area (Å²) in [6, 6.07) is 21.5. The SMILES string of the molecule is N#Cc1ccc(N2CCC[C@H](C[C@@H]3CCCC[C@H]3Nc3ncc(-c4ccccc4)o3)C2)cc1. The summed E-state index contributed by atoms with van der Waals surface area (Å²) in [5, 5.41) is 12.7. The molecule has 0 radical (unpaired) electrons. The lowest BCUT2D eigenvalue weighted by molar-refractivity contribution is 0.245. The predicted octanol–water partition coefficient (Wildman–Crippen LogP) is 6.49. The monoisotopic (exact) mass is 440 g/mol. The molecule has 0 bridgehead atoms. The molecule has 2 fully saturated rings. The van der Waals surface area contributed by atoms with Gasteiger partial charge >= 0.3 is 0 Å². The lowest BCUT2D eigenvalue weighted by Gasteiger charge is -2.39. The van der Waals surface area contributed by atoms with Crippen molar-refractivity contribution < 1.29 is 4.42 Å². The van der Waals surface area contributed by atoms with Crippen LogP contribution >= 0.6 is 0 Å². The van der Waals surface area contributed by atoms with Crippen LogP contribution in [0.4, 0.5) is 11.7 Å². The smallest absolute Gasteiger partial charge is 0.295 e. The van der Waals surface area contributed by atoms with Crippen molar-refractivity contribution in [3.05, 3.63) is 66.4 Å². The van der Waals surface area contributed by atoms with Gasteiger partial charge in [0.15, 0.2) is 5.76 Å². The molecule has 2 heterocycles. The maximum Gasteiger partial charge on any atom is 0.295 e. The second kappa shape index (κ2) is 10.1. The van der Waals surface area contributed by atoms with Gasteiger partial charge in [0.2, 0.25) is 0 Å².